The van der Waals surface area contributed by atoms with E-state index in [9.17, 15) is 8.78 Å². The zero-order valence-corrected chi connectivity index (χ0v) is 5.64. The van der Waals surface area contributed by atoms with Crippen molar-refractivity contribution in [3.05, 3.63) is 29.3 Å². The molecule has 0 aromatic heterocycles. The first-order valence-electron chi connectivity index (χ1n) is 2.99. The second-order valence-electron chi connectivity index (χ2n) is 2.12. The molecule has 60 valence electrons. The third kappa shape index (κ3) is 1.46. The van der Waals surface area contributed by atoms with Crippen LogP contribution in [0.3, 0.4) is 0 Å². The molecule has 0 fully saturated rings. The molecule has 0 aliphatic carbocycles. The highest BCUT2D eigenvalue weighted by Crippen LogP contribution is 2.16. The third-order valence-corrected chi connectivity index (χ3v) is 1.35. The Morgan fingerprint density at radius 3 is 2.36 bits per heavy atom. The summed E-state index contributed by atoms with van der Waals surface area (Å²) in [7, 11) is 0. The van der Waals surface area contributed by atoms with E-state index in [0.717, 1.165) is 12.1 Å². The Morgan fingerprint density at radius 2 is 1.82 bits per heavy atom. The smallest absolute Gasteiger partial charge is 0.160 e. The summed E-state index contributed by atoms with van der Waals surface area (Å²) in [6, 6.07) is 1.73. The molecule has 0 aliphatic heterocycles. The molecule has 0 unspecified atom stereocenters. The number of rotatable bonds is 1. The molecule has 0 saturated carbocycles. The second kappa shape index (κ2) is 2.84. The molecule has 0 amide bonds. The maximum Gasteiger partial charge on any atom is 0.160 e. The summed E-state index contributed by atoms with van der Waals surface area (Å²) in [5.74, 6) is -2.00. The van der Waals surface area contributed by atoms with E-state index >= 15 is 0 Å². The highest BCUT2D eigenvalue weighted by atomic mass is 19.2. The predicted molar refractivity (Wildman–Crippen MR) is 36.7 cm³/mol. The fourth-order valence-corrected chi connectivity index (χ4v) is 0.740. The maximum absolute atomic E-state index is 12.4. The molecule has 0 aliphatic rings. The lowest BCUT2D eigenvalue weighted by Gasteiger charge is -2.01. The third-order valence-electron chi connectivity index (χ3n) is 1.35. The Hall–Kier alpha value is -1.16. The summed E-state index contributed by atoms with van der Waals surface area (Å²) in [5.41, 5.74) is 5.49. The molecule has 0 atom stereocenters. The van der Waals surface area contributed by atoms with E-state index in [2.05, 4.69) is 0 Å². The summed E-state index contributed by atoms with van der Waals surface area (Å²) in [6.45, 7) is -0.386. The van der Waals surface area contributed by atoms with Crippen molar-refractivity contribution in [2.75, 3.05) is 5.73 Å². The van der Waals surface area contributed by atoms with E-state index < -0.39 is 11.6 Å². The monoisotopic (exact) mass is 159 g/mol. The van der Waals surface area contributed by atoms with E-state index in [1.165, 1.54) is 0 Å². The number of hydrogen-bond donors (Lipinski definition) is 2. The van der Waals surface area contributed by atoms with Gasteiger partial charge >= 0.3 is 0 Å². The molecule has 1 aromatic carbocycles. The van der Waals surface area contributed by atoms with Crippen LogP contribution in [-0.4, -0.2) is 5.11 Å². The summed E-state index contributed by atoms with van der Waals surface area (Å²) >= 11 is 0. The van der Waals surface area contributed by atoms with Crippen LogP contribution >= 0.6 is 0 Å². The summed E-state index contributed by atoms with van der Waals surface area (Å²) in [6.07, 6.45) is 0. The first kappa shape index (κ1) is 7.94. The van der Waals surface area contributed by atoms with Crippen LogP contribution < -0.4 is 5.73 Å². The molecule has 0 bridgehead atoms. The minimum atomic E-state index is -1.00. The molecule has 3 N–H and O–H groups in total. The number of nitrogens with two attached hydrogens (primary N) is 1. The predicted octanol–water partition coefficient (Wildman–Crippen LogP) is 1.04. The van der Waals surface area contributed by atoms with E-state index in [1.54, 1.807) is 0 Å². The lowest BCUT2D eigenvalue weighted by molar-refractivity contribution is 0.281. The van der Waals surface area contributed by atoms with Crippen molar-refractivity contribution in [1.29, 1.82) is 0 Å². The Morgan fingerprint density at radius 1 is 1.27 bits per heavy atom. The normalized spacial score (nSPS) is 10.1. The van der Waals surface area contributed by atoms with Gasteiger partial charge in [0.1, 0.15) is 0 Å². The molecule has 2 nitrogen and oxygen atoms in total. The van der Waals surface area contributed by atoms with Gasteiger partial charge in [0.05, 0.1) is 6.61 Å². The average molecular weight is 159 g/mol. The van der Waals surface area contributed by atoms with Crippen LogP contribution in [0.5, 0.6) is 0 Å². The van der Waals surface area contributed by atoms with Gasteiger partial charge in [-0.05, 0) is 6.07 Å². The number of nitrogen functional groups attached to an aromatic ring is 1. The SMILES string of the molecule is Nc1cc(F)c(F)cc1CO. The van der Waals surface area contributed by atoms with Crippen LogP contribution in [0.2, 0.25) is 0 Å². The van der Waals surface area contributed by atoms with Gasteiger partial charge in [-0.1, -0.05) is 0 Å². The minimum absolute atomic E-state index is 0.0615. The van der Waals surface area contributed by atoms with Gasteiger partial charge < -0.3 is 10.8 Å². The minimum Gasteiger partial charge on any atom is -0.398 e. The first-order valence-corrected chi connectivity index (χ1v) is 2.99. The first-order chi connectivity index (χ1) is 5.15. The molecule has 0 heterocycles. The molecular weight excluding hydrogens is 152 g/mol. The van der Waals surface area contributed by atoms with E-state index in [0.29, 0.717) is 0 Å². The van der Waals surface area contributed by atoms with Gasteiger partial charge in [-0.25, -0.2) is 8.78 Å². The van der Waals surface area contributed by atoms with Gasteiger partial charge in [0, 0.05) is 17.3 Å². The molecule has 1 rings (SSSR count). The van der Waals surface area contributed by atoms with Crippen molar-refractivity contribution in [2.45, 2.75) is 6.61 Å². The zero-order valence-electron chi connectivity index (χ0n) is 5.64. The van der Waals surface area contributed by atoms with E-state index in [-0.39, 0.29) is 17.9 Å². The van der Waals surface area contributed by atoms with Crippen LogP contribution in [0.25, 0.3) is 0 Å². The molecule has 11 heavy (non-hydrogen) atoms. The lowest BCUT2D eigenvalue weighted by Crippen LogP contribution is -1.97. The molecular formula is C7H7F2NO. The van der Waals surface area contributed by atoms with Gasteiger partial charge in [-0.2, -0.15) is 0 Å². The van der Waals surface area contributed by atoms with Gasteiger partial charge in [0.15, 0.2) is 11.6 Å². The average Bonchev–Trinajstić information content (AvgIpc) is 1.97. The molecule has 0 saturated heterocycles. The number of benzene rings is 1. The van der Waals surface area contributed by atoms with Crippen molar-refractivity contribution < 1.29 is 13.9 Å². The zero-order chi connectivity index (χ0) is 8.43. The number of halogens is 2. The number of aliphatic hydroxyl groups excluding tert-OH is 1. The summed E-state index contributed by atoms with van der Waals surface area (Å²) in [5, 5.41) is 8.56. The van der Waals surface area contributed by atoms with Crippen molar-refractivity contribution in [1.82, 2.24) is 0 Å². The maximum atomic E-state index is 12.4. The number of anilines is 1. The van der Waals surface area contributed by atoms with Crippen molar-refractivity contribution >= 4 is 5.69 Å². The highest BCUT2D eigenvalue weighted by molar-refractivity contribution is 5.46. The van der Waals surface area contributed by atoms with Crippen molar-refractivity contribution in [2.24, 2.45) is 0 Å². The van der Waals surface area contributed by atoms with Crippen molar-refractivity contribution in [3.8, 4) is 0 Å². The van der Waals surface area contributed by atoms with Crippen LogP contribution in [0.1, 0.15) is 5.56 Å². The number of hydrogen-bond acceptors (Lipinski definition) is 2. The Labute approximate surface area is 62.3 Å². The Bertz CT molecular complexity index is 275. The number of aliphatic hydroxyl groups is 1. The fraction of sp³-hybridized carbons (Fsp3) is 0.143. The molecule has 4 heteroatoms. The van der Waals surface area contributed by atoms with Crippen LogP contribution in [0.4, 0.5) is 14.5 Å². The quantitative estimate of drug-likeness (QED) is 0.601. The van der Waals surface area contributed by atoms with E-state index in [1.807, 2.05) is 0 Å². The van der Waals surface area contributed by atoms with Gasteiger partial charge in [0.2, 0.25) is 0 Å². The van der Waals surface area contributed by atoms with Crippen LogP contribution in [0, 0.1) is 11.6 Å². The van der Waals surface area contributed by atoms with Crippen molar-refractivity contribution in [3.63, 3.8) is 0 Å². The Balaban J connectivity index is 3.21. The van der Waals surface area contributed by atoms with Gasteiger partial charge in [-0.3, -0.25) is 0 Å². The topological polar surface area (TPSA) is 46.2 Å². The van der Waals surface area contributed by atoms with Crippen LogP contribution in [0.15, 0.2) is 12.1 Å². The van der Waals surface area contributed by atoms with Gasteiger partial charge in [-0.15, -0.1) is 0 Å². The summed E-state index contributed by atoms with van der Waals surface area (Å²) in [4.78, 5) is 0. The van der Waals surface area contributed by atoms with Crippen LogP contribution in [-0.2, 0) is 6.61 Å². The van der Waals surface area contributed by atoms with E-state index in [4.69, 9.17) is 10.8 Å². The largest absolute Gasteiger partial charge is 0.398 e. The fourth-order valence-electron chi connectivity index (χ4n) is 0.740. The van der Waals surface area contributed by atoms with Gasteiger partial charge in [0.25, 0.3) is 0 Å². The Kier molecular flexibility index (Phi) is 2.05. The molecule has 0 spiro atoms. The molecule has 1 aromatic rings. The highest BCUT2D eigenvalue weighted by Gasteiger charge is 2.05. The lowest BCUT2D eigenvalue weighted by atomic mass is 10.2. The summed E-state index contributed by atoms with van der Waals surface area (Å²) < 4.78 is 24.8. The molecule has 0 radical (unpaired) electrons. The standard InChI is InChI=1S/C7H7F2NO/c8-5-1-4(3-11)7(10)2-6(5)9/h1-2,11H,3,10H2. The second-order valence-corrected chi connectivity index (χ2v) is 2.12.